The van der Waals surface area contributed by atoms with Crippen LogP contribution < -0.4 is 11.3 Å². The quantitative estimate of drug-likeness (QED) is 0.937. The van der Waals surface area contributed by atoms with Crippen LogP contribution in [0.25, 0.3) is 0 Å². The highest BCUT2D eigenvalue weighted by Crippen LogP contribution is 2.26. The minimum atomic E-state index is 0.0923. The molecule has 0 amide bonds. The molecule has 0 spiro atoms. The lowest BCUT2D eigenvalue weighted by Crippen LogP contribution is -2.29. The summed E-state index contributed by atoms with van der Waals surface area (Å²) in [5.41, 5.74) is 9.93. The molecule has 3 nitrogen and oxygen atoms in total. The summed E-state index contributed by atoms with van der Waals surface area (Å²) in [6.07, 6.45) is 5.06. The molecule has 1 aromatic carbocycles. The maximum absolute atomic E-state index is 12.2. The van der Waals surface area contributed by atoms with Gasteiger partial charge < -0.3 is 10.3 Å². The van der Waals surface area contributed by atoms with Crippen LogP contribution in [0.5, 0.6) is 0 Å². The van der Waals surface area contributed by atoms with Crippen molar-refractivity contribution < 1.29 is 0 Å². The van der Waals surface area contributed by atoms with E-state index >= 15 is 0 Å². The molecule has 2 aromatic rings. The number of hydrogen-bond acceptors (Lipinski definition) is 2. The number of hydrogen-bond donors (Lipinski definition) is 1. The Bertz CT molecular complexity index is 661. The highest BCUT2D eigenvalue weighted by Gasteiger charge is 2.19. The van der Waals surface area contributed by atoms with Gasteiger partial charge in [0.2, 0.25) is 0 Å². The van der Waals surface area contributed by atoms with Gasteiger partial charge in [-0.15, -0.1) is 0 Å². The molecule has 1 aliphatic rings. The molecule has 3 heteroatoms. The summed E-state index contributed by atoms with van der Waals surface area (Å²) in [6, 6.07) is 14.1. The number of nitrogens with zero attached hydrogens (tertiary/aromatic N) is 1. The molecule has 21 heavy (non-hydrogen) atoms. The predicted octanol–water partition coefficient (Wildman–Crippen LogP) is 2.82. The van der Waals surface area contributed by atoms with Gasteiger partial charge in [0, 0.05) is 24.3 Å². The Hall–Kier alpha value is -1.87. The molecule has 0 radical (unpaired) electrons. The van der Waals surface area contributed by atoms with Gasteiger partial charge in [-0.3, -0.25) is 4.79 Å². The minimum absolute atomic E-state index is 0.0923. The second-order valence-electron chi connectivity index (χ2n) is 5.81. The van der Waals surface area contributed by atoms with Crippen molar-refractivity contribution in [3.63, 3.8) is 0 Å². The largest absolute Gasteiger partial charge is 0.324 e. The number of aryl methyl sites for hydroxylation is 1. The van der Waals surface area contributed by atoms with E-state index in [1.54, 1.807) is 6.07 Å². The second-order valence-corrected chi connectivity index (χ2v) is 5.81. The molecule has 0 saturated carbocycles. The van der Waals surface area contributed by atoms with Crippen LogP contribution in [0.4, 0.5) is 0 Å². The highest BCUT2D eigenvalue weighted by molar-refractivity contribution is 5.27. The van der Waals surface area contributed by atoms with Gasteiger partial charge in [0.15, 0.2) is 0 Å². The fraction of sp³-hybridized carbons (Fsp3) is 0.389. The van der Waals surface area contributed by atoms with Crippen molar-refractivity contribution in [3.8, 4) is 0 Å². The summed E-state index contributed by atoms with van der Waals surface area (Å²) in [4.78, 5) is 12.2. The van der Waals surface area contributed by atoms with Crippen molar-refractivity contribution in [2.75, 3.05) is 0 Å². The Kier molecular flexibility index (Phi) is 4.20. The lowest BCUT2D eigenvalue weighted by molar-refractivity contribution is 0.509. The van der Waals surface area contributed by atoms with Crippen LogP contribution in [0, 0.1) is 0 Å². The normalized spacial score (nSPS) is 17.5. The van der Waals surface area contributed by atoms with Crippen LogP contribution in [0.15, 0.2) is 47.3 Å². The van der Waals surface area contributed by atoms with E-state index in [0.29, 0.717) is 0 Å². The zero-order valence-corrected chi connectivity index (χ0v) is 12.3. The Morgan fingerprint density at radius 1 is 1.14 bits per heavy atom. The number of nitrogens with two attached hydrogens (primary N) is 1. The number of fused-ring (bicyclic) bond motifs is 1. The molecule has 1 aliphatic carbocycles. The Morgan fingerprint density at radius 3 is 2.76 bits per heavy atom. The predicted molar refractivity (Wildman–Crippen MR) is 85.3 cm³/mol. The third-order valence-electron chi connectivity index (χ3n) is 4.35. The van der Waals surface area contributed by atoms with Gasteiger partial charge in [0.05, 0.1) is 0 Å². The van der Waals surface area contributed by atoms with Crippen LogP contribution in [-0.2, 0) is 19.4 Å². The molecular formula is C18H22N2O. The Balaban J connectivity index is 1.76. The number of benzene rings is 1. The monoisotopic (exact) mass is 282 g/mol. The maximum atomic E-state index is 12.2. The SMILES string of the molecule is NC1CCCc2c1ccc(=O)n2CCCc1ccccc1. The Morgan fingerprint density at radius 2 is 1.95 bits per heavy atom. The van der Waals surface area contributed by atoms with E-state index < -0.39 is 0 Å². The van der Waals surface area contributed by atoms with E-state index in [9.17, 15) is 4.79 Å². The molecular weight excluding hydrogens is 260 g/mol. The van der Waals surface area contributed by atoms with Gasteiger partial charge in [-0.25, -0.2) is 0 Å². The van der Waals surface area contributed by atoms with Crippen molar-refractivity contribution in [2.24, 2.45) is 5.73 Å². The highest BCUT2D eigenvalue weighted by atomic mass is 16.1. The first kappa shape index (κ1) is 14.1. The maximum Gasteiger partial charge on any atom is 0.250 e. The Labute approximate surface area is 125 Å². The van der Waals surface area contributed by atoms with Gasteiger partial charge in [-0.2, -0.15) is 0 Å². The van der Waals surface area contributed by atoms with Crippen LogP contribution in [0.3, 0.4) is 0 Å². The summed E-state index contributed by atoms with van der Waals surface area (Å²) in [5.74, 6) is 0. The first-order valence-corrected chi connectivity index (χ1v) is 7.78. The molecule has 1 heterocycles. The number of aromatic nitrogens is 1. The standard InChI is InChI=1S/C18H22N2O/c19-16-9-4-10-17-15(16)11-12-18(21)20(17)13-5-8-14-6-2-1-3-7-14/h1-3,6-7,11-12,16H,4-5,8-10,13,19H2. The zero-order valence-electron chi connectivity index (χ0n) is 12.3. The molecule has 1 aromatic heterocycles. The first-order valence-electron chi connectivity index (χ1n) is 7.78. The molecule has 110 valence electrons. The van der Waals surface area contributed by atoms with Crippen LogP contribution in [-0.4, -0.2) is 4.57 Å². The molecule has 0 saturated heterocycles. The smallest absolute Gasteiger partial charge is 0.250 e. The molecule has 0 bridgehead atoms. The van der Waals surface area contributed by atoms with E-state index in [1.165, 1.54) is 11.1 Å². The van der Waals surface area contributed by atoms with Gasteiger partial charge in [0.25, 0.3) is 5.56 Å². The molecule has 0 fully saturated rings. The summed E-state index contributed by atoms with van der Waals surface area (Å²) in [7, 11) is 0. The van der Waals surface area contributed by atoms with Crippen LogP contribution in [0.2, 0.25) is 0 Å². The topological polar surface area (TPSA) is 48.0 Å². The van der Waals surface area contributed by atoms with E-state index in [2.05, 4.69) is 24.3 Å². The van der Waals surface area contributed by atoms with E-state index in [0.717, 1.165) is 44.3 Å². The summed E-state index contributed by atoms with van der Waals surface area (Å²) < 4.78 is 1.94. The summed E-state index contributed by atoms with van der Waals surface area (Å²) in [6.45, 7) is 0.781. The number of pyridine rings is 1. The van der Waals surface area contributed by atoms with E-state index in [-0.39, 0.29) is 11.6 Å². The van der Waals surface area contributed by atoms with Crippen molar-refractivity contribution in [1.82, 2.24) is 4.57 Å². The molecule has 0 aliphatic heterocycles. The fourth-order valence-corrected chi connectivity index (χ4v) is 3.23. The average molecular weight is 282 g/mol. The van der Waals surface area contributed by atoms with Gasteiger partial charge >= 0.3 is 0 Å². The van der Waals surface area contributed by atoms with Crippen LogP contribution >= 0.6 is 0 Å². The molecule has 2 N–H and O–H groups in total. The van der Waals surface area contributed by atoms with Crippen LogP contribution in [0.1, 0.15) is 42.1 Å². The summed E-state index contributed by atoms with van der Waals surface area (Å²) in [5, 5.41) is 0. The third kappa shape index (κ3) is 3.08. The minimum Gasteiger partial charge on any atom is -0.324 e. The fourth-order valence-electron chi connectivity index (χ4n) is 3.23. The second kappa shape index (κ2) is 6.27. The molecule has 1 atom stereocenters. The van der Waals surface area contributed by atoms with Crippen molar-refractivity contribution in [2.45, 2.75) is 44.7 Å². The van der Waals surface area contributed by atoms with Gasteiger partial charge in [-0.1, -0.05) is 36.4 Å². The summed E-state index contributed by atoms with van der Waals surface area (Å²) >= 11 is 0. The van der Waals surface area contributed by atoms with E-state index in [1.807, 2.05) is 16.7 Å². The van der Waals surface area contributed by atoms with Crippen molar-refractivity contribution in [3.05, 3.63) is 69.6 Å². The molecule has 3 rings (SSSR count). The third-order valence-corrected chi connectivity index (χ3v) is 4.35. The van der Waals surface area contributed by atoms with E-state index in [4.69, 9.17) is 5.73 Å². The zero-order chi connectivity index (χ0) is 14.7. The lowest BCUT2D eigenvalue weighted by Gasteiger charge is -2.25. The number of rotatable bonds is 4. The van der Waals surface area contributed by atoms with Gasteiger partial charge in [0.1, 0.15) is 0 Å². The molecule has 1 unspecified atom stereocenters. The average Bonchev–Trinajstić information content (AvgIpc) is 2.51. The van der Waals surface area contributed by atoms with Crippen molar-refractivity contribution in [1.29, 1.82) is 0 Å². The van der Waals surface area contributed by atoms with Gasteiger partial charge in [-0.05, 0) is 43.2 Å². The van der Waals surface area contributed by atoms with Crippen molar-refractivity contribution >= 4 is 0 Å². The lowest BCUT2D eigenvalue weighted by atomic mass is 9.91. The first-order chi connectivity index (χ1) is 10.3.